The number of methoxy groups -OCH3 is 1. The first-order valence-corrected chi connectivity index (χ1v) is 15.5. The molecule has 1 aromatic heterocycles. The molecule has 256 valence electrons. The van der Waals surface area contributed by atoms with Crippen LogP contribution in [0.4, 0.5) is 30.7 Å². The van der Waals surface area contributed by atoms with Gasteiger partial charge in [0.15, 0.2) is 17.5 Å². The van der Waals surface area contributed by atoms with Crippen LogP contribution in [0.5, 0.6) is 0 Å². The minimum absolute atomic E-state index is 0.122. The molecule has 2 aromatic rings. The van der Waals surface area contributed by atoms with E-state index in [2.05, 4.69) is 10.3 Å². The highest BCUT2D eigenvalue weighted by Crippen LogP contribution is 2.47. The van der Waals surface area contributed by atoms with Crippen molar-refractivity contribution in [1.82, 2.24) is 19.9 Å². The molecule has 5 rings (SSSR count). The molecule has 1 saturated carbocycles. The van der Waals surface area contributed by atoms with Gasteiger partial charge < -0.3 is 29.7 Å². The lowest BCUT2D eigenvalue weighted by atomic mass is 9.80. The van der Waals surface area contributed by atoms with Gasteiger partial charge in [-0.15, -0.1) is 16.9 Å². The minimum Gasteiger partial charge on any atom is -0.394 e. The molecule has 0 unspecified atom stereocenters. The van der Waals surface area contributed by atoms with Crippen LogP contribution in [0.1, 0.15) is 44.6 Å². The maximum Gasteiger partial charge on any atom is 0.251 e. The molecule has 0 spiro atoms. The number of hydrogen-bond donors (Lipinski definition) is 3. The third-order valence-electron chi connectivity index (χ3n) is 8.83. The number of carbonyl (C=O) groups is 1. The quantitative estimate of drug-likeness (QED) is 0.283. The fourth-order valence-corrected chi connectivity index (χ4v) is 7.72. The lowest BCUT2D eigenvalue weighted by Crippen LogP contribution is -2.59. The van der Waals surface area contributed by atoms with Crippen LogP contribution in [0.3, 0.4) is 0 Å². The molecule has 3 heterocycles. The first-order valence-electron chi connectivity index (χ1n) is 14.5. The van der Waals surface area contributed by atoms with Crippen molar-refractivity contribution in [3.63, 3.8) is 0 Å². The molecule has 3 aliphatic rings. The molecule has 6 atom stereocenters. The summed E-state index contributed by atoms with van der Waals surface area (Å²) in [5.74, 6) is -11.5. The number of ether oxygens (including phenoxy) is 2. The van der Waals surface area contributed by atoms with Gasteiger partial charge >= 0.3 is 0 Å². The Morgan fingerprint density at radius 1 is 1.07 bits per heavy atom. The second-order valence-corrected chi connectivity index (χ2v) is 13.1. The zero-order valence-electron chi connectivity index (χ0n) is 24.5. The number of thioether (sulfide) groups is 1. The van der Waals surface area contributed by atoms with Gasteiger partial charge in [-0.2, -0.15) is 0 Å². The van der Waals surface area contributed by atoms with E-state index in [0.717, 1.165) is 9.58 Å². The number of carbonyl (C=O) groups excluding carboxylic acids is 1. The van der Waals surface area contributed by atoms with E-state index in [9.17, 15) is 50.8 Å². The zero-order chi connectivity index (χ0) is 33.6. The number of rotatable bonds is 8. The van der Waals surface area contributed by atoms with Crippen molar-refractivity contribution in [3.05, 3.63) is 35.8 Å². The van der Waals surface area contributed by atoms with Crippen molar-refractivity contribution in [2.24, 2.45) is 0 Å². The number of alkyl halides is 4. The summed E-state index contributed by atoms with van der Waals surface area (Å²) in [6, 6.07) is 0.147. The Kier molecular flexibility index (Phi) is 9.98. The molecule has 10 nitrogen and oxygen atoms in total. The van der Waals surface area contributed by atoms with Crippen molar-refractivity contribution in [2.75, 3.05) is 26.8 Å². The van der Waals surface area contributed by atoms with Crippen molar-refractivity contribution in [1.29, 1.82) is 0 Å². The average Bonchev–Trinajstić information content (AvgIpc) is 3.50. The number of benzene rings is 1. The molecule has 2 aliphatic heterocycles. The molecule has 1 aliphatic carbocycles. The molecule has 3 fully saturated rings. The summed E-state index contributed by atoms with van der Waals surface area (Å²) in [5.41, 5.74) is -3.58. The highest BCUT2D eigenvalue weighted by molar-refractivity contribution is 8.01. The van der Waals surface area contributed by atoms with Gasteiger partial charge in [-0.3, -0.25) is 4.79 Å². The molecule has 18 heteroatoms. The third kappa shape index (κ3) is 7.01. The summed E-state index contributed by atoms with van der Waals surface area (Å²) in [5, 5.41) is 39.1. The number of aliphatic hydroxyl groups is 3. The van der Waals surface area contributed by atoms with Crippen LogP contribution in [-0.4, -0.2) is 114 Å². The van der Waals surface area contributed by atoms with Crippen LogP contribution in [0, 0.1) is 17.5 Å². The van der Waals surface area contributed by atoms with Crippen molar-refractivity contribution >= 4 is 17.7 Å². The Morgan fingerprint density at radius 3 is 2.22 bits per heavy atom. The summed E-state index contributed by atoms with van der Waals surface area (Å²) >= 11 is 0.688. The Balaban J connectivity index is 1.47. The smallest absolute Gasteiger partial charge is 0.251 e. The number of aromatic nitrogens is 3. The van der Waals surface area contributed by atoms with E-state index in [1.807, 2.05) is 0 Å². The predicted octanol–water partition coefficient (Wildman–Crippen LogP) is 3.30. The third-order valence-corrected chi connectivity index (χ3v) is 10.4. The van der Waals surface area contributed by atoms with E-state index in [-0.39, 0.29) is 24.3 Å². The van der Waals surface area contributed by atoms with Gasteiger partial charge in [-0.25, -0.2) is 35.4 Å². The lowest BCUT2D eigenvalue weighted by Gasteiger charge is -2.47. The van der Waals surface area contributed by atoms with E-state index < -0.39 is 121 Å². The summed E-state index contributed by atoms with van der Waals surface area (Å²) < 4.78 is 110. The van der Waals surface area contributed by atoms with E-state index in [1.165, 1.54) is 13.3 Å². The number of likely N-dealkylation sites (tertiary alicyclic amines) is 1. The first kappa shape index (κ1) is 34.8. The fraction of sp³-hybridized carbons (Fsp3) is 0.679. The van der Waals surface area contributed by atoms with Crippen LogP contribution >= 0.6 is 11.8 Å². The van der Waals surface area contributed by atoms with Gasteiger partial charge in [0, 0.05) is 51.4 Å². The largest absolute Gasteiger partial charge is 0.394 e. The molecule has 1 amide bonds. The molecular weight excluding hydrogens is 653 g/mol. The summed E-state index contributed by atoms with van der Waals surface area (Å²) in [6.45, 7) is -1.42. The van der Waals surface area contributed by atoms with Crippen LogP contribution in [0.15, 0.2) is 18.3 Å². The Bertz CT molecular complexity index is 1380. The summed E-state index contributed by atoms with van der Waals surface area (Å²) in [4.78, 5) is 15.0. The van der Waals surface area contributed by atoms with E-state index >= 15 is 0 Å². The highest BCUT2D eigenvalue weighted by atomic mass is 32.2. The van der Waals surface area contributed by atoms with Crippen LogP contribution in [-0.2, 0) is 14.3 Å². The maximum atomic E-state index is 14.1. The van der Waals surface area contributed by atoms with E-state index in [0.29, 0.717) is 23.9 Å². The zero-order valence-corrected chi connectivity index (χ0v) is 25.3. The van der Waals surface area contributed by atoms with Gasteiger partial charge in [-0.1, -0.05) is 5.21 Å². The number of piperidine rings is 1. The van der Waals surface area contributed by atoms with Gasteiger partial charge in [0.2, 0.25) is 11.8 Å². The van der Waals surface area contributed by atoms with Crippen molar-refractivity contribution in [2.45, 2.75) is 91.0 Å². The standard InChI is InChI=1S/C28H33F7N4O6S/c1-44-22-20(39-12-17(36-37-39)14-10-15(29)19(31)16(30)11-14)21(41)18(13-40)45-25(22)46-23(26(43)2-4-27(32,33)5-3-26)24(42)38-8-6-28(34,35)7-9-38/h10-12,18,20-23,25,40-41,43H,2-9,13H2,1H3/t18-,20+,21+,22-,23+,25+/m1/s1. The van der Waals surface area contributed by atoms with Crippen LogP contribution in [0.2, 0.25) is 0 Å². The summed E-state index contributed by atoms with van der Waals surface area (Å²) in [7, 11) is 1.22. The van der Waals surface area contributed by atoms with Gasteiger partial charge in [0.05, 0.1) is 18.4 Å². The van der Waals surface area contributed by atoms with E-state index in [1.54, 1.807) is 0 Å². The monoisotopic (exact) mass is 686 g/mol. The van der Waals surface area contributed by atoms with E-state index in [4.69, 9.17) is 9.47 Å². The van der Waals surface area contributed by atoms with Crippen LogP contribution in [0.25, 0.3) is 11.3 Å². The number of nitrogens with zero attached hydrogens (tertiary/aromatic N) is 4. The van der Waals surface area contributed by atoms with Crippen molar-refractivity contribution in [3.8, 4) is 11.3 Å². The topological polar surface area (TPSA) is 130 Å². The average molecular weight is 687 g/mol. The Labute approximate surface area is 262 Å². The first-order chi connectivity index (χ1) is 21.6. The summed E-state index contributed by atoms with van der Waals surface area (Å²) in [6.07, 6.45) is -6.58. The molecule has 1 aromatic carbocycles. The molecule has 46 heavy (non-hydrogen) atoms. The van der Waals surface area contributed by atoms with Gasteiger partial charge in [-0.05, 0) is 25.0 Å². The number of amides is 1. The minimum atomic E-state index is -3.08. The van der Waals surface area contributed by atoms with Crippen molar-refractivity contribution < 1.29 is 60.3 Å². The molecule has 0 radical (unpaired) electrons. The maximum absolute atomic E-state index is 14.1. The van der Waals surface area contributed by atoms with Gasteiger partial charge in [0.25, 0.3) is 5.92 Å². The molecule has 0 bridgehead atoms. The van der Waals surface area contributed by atoms with Gasteiger partial charge in [0.1, 0.15) is 40.7 Å². The molecule has 3 N–H and O–H groups in total. The fourth-order valence-electron chi connectivity index (χ4n) is 6.06. The Hall–Kier alpha value is -2.51. The normalized spacial score (nSPS) is 29.8. The lowest BCUT2D eigenvalue weighted by molar-refractivity contribution is -0.187. The predicted molar refractivity (Wildman–Crippen MR) is 147 cm³/mol. The number of aliphatic hydroxyl groups excluding tert-OH is 2. The molecular formula is C28H33F7N4O6S. The Morgan fingerprint density at radius 2 is 1.65 bits per heavy atom. The second kappa shape index (κ2) is 13.2. The second-order valence-electron chi connectivity index (χ2n) is 11.9. The number of hydrogen-bond acceptors (Lipinski definition) is 9. The molecule has 2 saturated heterocycles. The SMILES string of the molecule is CO[C@@H]1[C@@H](n2cc(-c3cc(F)c(F)c(F)c3)nn2)[C@@H](O)[C@@H](CO)O[C@H]1S[C@@H](C(=O)N1CCC(F)(F)CC1)C1(O)CCC(F)(F)CC1. The van der Waals surface area contributed by atoms with Crippen LogP contribution < -0.4 is 0 Å². The highest BCUT2D eigenvalue weighted by Gasteiger charge is 2.55. The number of halogens is 7.